The molecule has 0 aliphatic heterocycles. The van der Waals surface area contributed by atoms with Gasteiger partial charge in [0.2, 0.25) is 0 Å². The van der Waals surface area contributed by atoms with Gasteiger partial charge in [0.05, 0.1) is 0 Å². The number of hydrogen-bond acceptors (Lipinski definition) is 3. The zero-order valence-electron chi connectivity index (χ0n) is 10.7. The third-order valence-electron chi connectivity index (χ3n) is 2.36. The van der Waals surface area contributed by atoms with E-state index in [1.54, 1.807) is 0 Å². The van der Waals surface area contributed by atoms with Gasteiger partial charge in [-0.2, -0.15) is 0 Å². The summed E-state index contributed by atoms with van der Waals surface area (Å²) in [6.07, 6.45) is 0.776. The SMILES string of the molecule is CC(N)Cc1cc(Cl)ccc1OCCN(C)C. The summed E-state index contributed by atoms with van der Waals surface area (Å²) in [5.74, 6) is 0.883. The van der Waals surface area contributed by atoms with Gasteiger partial charge in [0, 0.05) is 17.6 Å². The summed E-state index contributed by atoms with van der Waals surface area (Å²) in [7, 11) is 4.04. The van der Waals surface area contributed by atoms with Crippen LogP contribution < -0.4 is 10.5 Å². The maximum absolute atomic E-state index is 5.98. The average molecular weight is 257 g/mol. The van der Waals surface area contributed by atoms with E-state index in [0.29, 0.717) is 6.61 Å². The number of nitrogens with two attached hydrogens (primary N) is 1. The Hall–Kier alpha value is -0.770. The third-order valence-corrected chi connectivity index (χ3v) is 2.60. The normalized spacial score (nSPS) is 12.8. The lowest BCUT2D eigenvalue weighted by atomic mass is 10.1. The molecule has 1 aromatic carbocycles. The zero-order valence-corrected chi connectivity index (χ0v) is 11.5. The van der Waals surface area contributed by atoms with E-state index >= 15 is 0 Å². The third kappa shape index (κ3) is 5.39. The molecule has 0 bridgehead atoms. The van der Waals surface area contributed by atoms with Crippen molar-refractivity contribution >= 4 is 11.6 Å². The van der Waals surface area contributed by atoms with E-state index in [1.807, 2.05) is 39.2 Å². The molecule has 0 aromatic heterocycles. The van der Waals surface area contributed by atoms with Gasteiger partial charge in [-0.3, -0.25) is 0 Å². The first-order chi connectivity index (χ1) is 7.99. The summed E-state index contributed by atoms with van der Waals surface area (Å²) >= 11 is 5.98. The molecule has 0 aliphatic rings. The van der Waals surface area contributed by atoms with Gasteiger partial charge < -0.3 is 15.4 Å². The van der Waals surface area contributed by atoms with Gasteiger partial charge in [-0.15, -0.1) is 0 Å². The Labute approximate surface area is 109 Å². The predicted octanol–water partition coefficient (Wildman–Crippen LogP) is 2.17. The van der Waals surface area contributed by atoms with Gasteiger partial charge in [-0.1, -0.05) is 11.6 Å². The number of rotatable bonds is 6. The number of ether oxygens (including phenoxy) is 1. The maximum atomic E-state index is 5.98. The van der Waals surface area contributed by atoms with E-state index in [1.165, 1.54) is 0 Å². The summed E-state index contributed by atoms with van der Waals surface area (Å²) in [5, 5.41) is 0.723. The first-order valence-corrected chi connectivity index (χ1v) is 6.18. The predicted molar refractivity (Wildman–Crippen MR) is 72.9 cm³/mol. The molecule has 0 radical (unpaired) electrons. The van der Waals surface area contributed by atoms with Crippen molar-refractivity contribution in [3.63, 3.8) is 0 Å². The molecule has 96 valence electrons. The molecule has 0 aliphatic carbocycles. The molecule has 0 fully saturated rings. The van der Waals surface area contributed by atoms with Crippen LogP contribution >= 0.6 is 11.6 Å². The van der Waals surface area contributed by atoms with Crippen molar-refractivity contribution in [2.75, 3.05) is 27.2 Å². The van der Waals surface area contributed by atoms with Crippen LogP contribution in [-0.4, -0.2) is 38.2 Å². The van der Waals surface area contributed by atoms with Crippen molar-refractivity contribution in [1.29, 1.82) is 0 Å². The molecule has 4 heteroatoms. The van der Waals surface area contributed by atoms with Crippen molar-refractivity contribution in [1.82, 2.24) is 4.90 Å². The Kier molecular flexibility index (Phi) is 5.75. The minimum absolute atomic E-state index is 0.102. The highest BCUT2D eigenvalue weighted by molar-refractivity contribution is 6.30. The number of hydrogen-bond donors (Lipinski definition) is 1. The highest BCUT2D eigenvalue weighted by atomic mass is 35.5. The van der Waals surface area contributed by atoms with Gasteiger partial charge in [-0.25, -0.2) is 0 Å². The monoisotopic (exact) mass is 256 g/mol. The van der Waals surface area contributed by atoms with Crippen LogP contribution in [0.25, 0.3) is 0 Å². The van der Waals surface area contributed by atoms with E-state index in [2.05, 4.69) is 4.90 Å². The largest absolute Gasteiger partial charge is 0.492 e. The van der Waals surface area contributed by atoms with E-state index in [-0.39, 0.29) is 6.04 Å². The molecule has 1 unspecified atom stereocenters. The Balaban J connectivity index is 2.68. The van der Waals surface area contributed by atoms with E-state index in [0.717, 1.165) is 29.3 Å². The average Bonchev–Trinajstić information content (AvgIpc) is 2.20. The molecule has 0 heterocycles. The molecular formula is C13H21ClN2O. The fraction of sp³-hybridized carbons (Fsp3) is 0.538. The molecule has 1 aromatic rings. The lowest BCUT2D eigenvalue weighted by Crippen LogP contribution is -2.21. The summed E-state index contributed by atoms with van der Waals surface area (Å²) in [6.45, 7) is 3.53. The fourth-order valence-corrected chi connectivity index (χ4v) is 1.73. The lowest BCUT2D eigenvalue weighted by molar-refractivity contribution is 0.259. The van der Waals surface area contributed by atoms with Crippen LogP contribution in [0.15, 0.2) is 18.2 Å². The Bertz CT molecular complexity index is 353. The molecule has 0 saturated carbocycles. The van der Waals surface area contributed by atoms with Gasteiger partial charge in [0.1, 0.15) is 12.4 Å². The van der Waals surface area contributed by atoms with Crippen LogP contribution in [0.4, 0.5) is 0 Å². The molecular weight excluding hydrogens is 236 g/mol. The minimum atomic E-state index is 0.102. The van der Waals surface area contributed by atoms with E-state index < -0.39 is 0 Å². The molecule has 0 amide bonds. The highest BCUT2D eigenvalue weighted by Gasteiger charge is 2.07. The van der Waals surface area contributed by atoms with Crippen LogP contribution in [0, 0.1) is 0 Å². The summed E-state index contributed by atoms with van der Waals surface area (Å²) in [4.78, 5) is 2.08. The zero-order chi connectivity index (χ0) is 12.8. The maximum Gasteiger partial charge on any atom is 0.122 e. The fourth-order valence-electron chi connectivity index (χ4n) is 1.53. The lowest BCUT2D eigenvalue weighted by Gasteiger charge is -2.15. The van der Waals surface area contributed by atoms with E-state index in [4.69, 9.17) is 22.1 Å². The van der Waals surface area contributed by atoms with Crippen LogP contribution in [0.3, 0.4) is 0 Å². The Morgan fingerprint density at radius 3 is 2.71 bits per heavy atom. The smallest absolute Gasteiger partial charge is 0.122 e. The van der Waals surface area contributed by atoms with Gasteiger partial charge in [0.15, 0.2) is 0 Å². The van der Waals surface area contributed by atoms with Crippen molar-refractivity contribution < 1.29 is 4.74 Å². The Morgan fingerprint density at radius 2 is 2.12 bits per heavy atom. The molecule has 0 spiro atoms. The molecule has 0 saturated heterocycles. The Morgan fingerprint density at radius 1 is 1.41 bits per heavy atom. The first kappa shape index (κ1) is 14.3. The molecule has 2 N–H and O–H groups in total. The van der Waals surface area contributed by atoms with Crippen molar-refractivity contribution in [3.8, 4) is 5.75 Å². The minimum Gasteiger partial charge on any atom is -0.492 e. The number of likely N-dealkylation sites (N-methyl/N-ethyl adjacent to an activating group) is 1. The number of nitrogens with zero attached hydrogens (tertiary/aromatic N) is 1. The van der Waals surface area contributed by atoms with Gasteiger partial charge in [0.25, 0.3) is 0 Å². The topological polar surface area (TPSA) is 38.5 Å². The van der Waals surface area contributed by atoms with Crippen LogP contribution in [0.5, 0.6) is 5.75 Å². The quantitative estimate of drug-likeness (QED) is 0.848. The molecule has 1 atom stereocenters. The van der Waals surface area contributed by atoms with E-state index in [9.17, 15) is 0 Å². The number of halogens is 1. The number of benzene rings is 1. The van der Waals surface area contributed by atoms with Crippen molar-refractivity contribution in [2.24, 2.45) is 5.73 Å². The second-order valence-corrected chi connectivity index (χ2v) is 5.02. The summed E-state index contributed by atoms with van der Waals surface area (Å²) in [5.41, 5.74) is 6.89. The molecule has 17 heavy (non-hydrogen) atoms. The molecule has 3 nitrogen and oxygen atoms in total. The standard InChI is InChI=1S/C13H21ClN2O/c1-10(15)8-11-9-12(14)4-5-13(11)17-7-6-16(2)3/h4-5,9-10H,6-8,15H2,1-3H3. The highest BCUT2D eigenvalue weighted by Crippen LogP contribution is 2.24. The summed E-state index contributed by atoms with van der Waals surface area (Å²) in [6, 6.07) is 5.78. The second-order valence-electron chi connectivity index (χ2n) is 4.59. The van der Waals surface area contributed by atoms with Crippen LogP contribution in [0.1, 0.15) is 12.5 Å². The first-order valence-electron chi connectivity index (χ1n) is 5.80. The summed E-state index contributed by atoms with van der Waals surface area (Å²) < 4.78 is 5.75. The van der Waals surface area contributed by atoms with Gasteiger partial charge in [-0.05, 0) is 51.2 Å². The molecule has 1 rings (SSSR count). The second kappa shape index (κ2) is 6.84. The van der Waals surface area contributed by atoms with Gasteiger partial charge >= 0.3 is 0 Å². The van der Waals surface area contributed by atoms with Crippen molar-refractivity contribution in [2.45, 2.75) is 19.4 Å². The van der Waals surface area contributed by atoms with Crippen molar-refractivity contribution in [3.05, 3.63) is 28.8 Å². The van der Waals surface area contributed by atoms with Crippen LogP contribution in [0.2, 0.25) is 5.02 Å². The van der Waals surface area contributed by atoms with Crippen LogP contribution in [-0.2, 0) is 6.42 Å².